The summed E-state index contributed by atoms with van der Waals surface area (Å²) in [6, 6.07) is 8.03. The molecule has 0 unspecified atom stereocenters. The monoisotopic (exact) mass is 403 g/mol. The van der Waals surface area contributed by atoms with Gasteiger partial charge in [0.25, 0.3) is 0 Å². The first-order chi connectivity index (χ1) is 14.2. The number of hydrogen-bond acceptors (Lipinski definition) is 7. The fourth-order valence-electron chi connectivity index (χ4n) is 3.87. The Kier molecular flexibility index (Phi) is 4.28. The van der Waals surface area contributed by atoms with Crippen molar-refractivity contribution in [3.8, 4) is 27.5 Å². The van der Waals surface area contributed by atoms with Gasteiger partial charge in [-0.2, -0.15) is 5.10 Å². The summed E-state index contributed by atoms with van der Waals surface area (Å²) in [5, 5.41) is 8.72. The lowest BCUT2D eigenvalue weighted by Crippen LogP contribution is -2.03. The first-order valence-electron chi connectivity index (χ1n) is 9.59. The molecule has 5 rings (SSSR count). The smallest absolute Gasteiger partial charge is 0.180 e. The predicted octanol–water partition coefficient (Wildman–Crippen LogP) is 3.87. The summed E-state index contributed by atoms with van der Waals surface area (Å²) in [4.78, 5) is 14.7. The number of nitrogens with zero attached hydrogens (tertiary/aromatic N) is 5. The molecule has 4 aromatic heterocycles. The SMILES string of the molecule is CNc1ccc(-c2nn(-c3cccnc3C)c3c2CCCc2nc(N)sc2-3)cn1. The summed E-state index contributed by atoms with van der Waals surface area (Å²) in [6.07, 6.45) is 6.54. The number of nitrogens with one attached hydrogen (secondary N) is 1. The standard InChI is InChI=1S/C21H21N7S/c1-12-16(7-4-10-24-12)28-19-14(5-3-6-15-20(19)29-21(22)26-15)18(27-28)13-8-9-17(23-2)25-11-13/h4,7-11H,3,5-6H2,1-2H3,(H2,22,26)(H,23,25). The molecule has 0 radical (unpaired) electrons. The largest absolute Gasteiger partial charge is 0.375 e. The number of rotatable bonds is 3. The normalized spacial score (nSPS) is 12.9. The number of pyridine rings is 2. The third-order valence-corrected chi connectivity index (χ3v) is 6.19. The highest BCUT2D eigenvalue weighted by atomic mass is 32.1. The van der Waals surface area contributed by atoms with Gasteiger partial charge in [-0.15, -0.1) is 0 Å². The molecule has 0 bridgehead atoms. The van der Waals surface area contributed by atoms with E-state index in [0.717, 1.165) is 64.0 Å². The lowest BCUT2D eigenvalue weighted by Gasteiger charge is -2.09. The molecular weight excluding hydrogens is 382 g/mol. The number of thiazole rings is 1. The Balaban J connectivity index is 1.80. The van der Waals surface area contributed by atoms with Gasteiger partial charge in [0.2, 0.25) is 0 Å². The molecule has 146 valence electrons. The highest BCUT2D eigenvalue weighted by molar-refractivity contribution is 7.18. The molecule has 0 saturated heterocycles. The van der Waals surface area contributed by atoms with Crippen molar-refractivity contribution in [2.24, 2.45) is 0 Å². The minimum absolute atomic E-state index is 0.597. The van der Waals surface area contributed by atoms with Crippen LogP contribution < -0.4 is 11.1 Å². The lowest BCUT2D eigenvalue weighted by atomic mass is 10.0. The third-order valence-electron chi connectivity index (χ3n) is 5.25. The Hall–Kier alpha value is -3.26. The second-order valence-corrected chi connectivity index (χ2v) is 8.09. The maximum absolute atomic E-state index is 6.08. The van der Waals surface area contributed by atoms with Crippen molar-refractivity contribution in [3.63, 3.8) is 0 Å². The Morgan fingerprint density at radius 1 is 1.17 bits per heavy atom. The van der Waals surface area contributed by atoms with Crippen LogP contribution in [0.3, 0.4) is 0 Å². The summed E-state index contributed by atoms with van der Waals surface area (Å²) < 4.78 is 2.01. The quantitative estimate of drug-likeness (QED) is 0.539. The Bertz CT molecular complexity index is 1190. The number of aryl methyl sites for hydroxylation is 2. The van der Waals surface area contributed by atoms with Crippen LogP contribution in [0.1, 0.15) is 23.4 Å². The van der Waals surface area contributed by atoms with E-state index in [-0.39, 0.29) is 0 Å². The first kappa shape index (κ1) is 17.8. The van der Waals surface area contributed by atoms with Crippen LogP contribution in [0.5, 0.6) is 0 Å². The average Bonchev–Trinajstić information content (AvgIpc) is 3.24. The lowest BCUT2D eigenvalue weighted by molar-refractivity contribution is 0.818. The number of aromatic nitrogens is 5. The Morgan fingerprint density at radius 3 is 2.83 bits per heavy atom. The summed E-state index contributed by atoms with van der Waals surface area (Å²) in [7, 11) is 1.86. The highest BCUT2D eigenvalue weighted by Crippen LogP contribution is 2.42. The molecule has 0 aromatic carbocycles. The van der Waals surface area contributed by atoms with Gasteiger partial charge in [0, 0.05) is 30.6 Å². The summed E-state index contributed by atoms with van der Waals surface area (Å²) in [5.41, 5.74) is 13.3. The molecule has 0 amide bonds. The Morgan fingerprint density at radius 2 is 2.07 bits per heavy atom. The molecule has 1 aliphatic rings. The second-order valence-electron chi connectivity index (χ2n) is 7.06. The van der Waals surface area contributed by atoms with Gasteiger partial charge in [-0.1, -0.05) is 11.3 Å². The average molecular weight is 404 g/mol. The maximum Gasteiger partial charge on any atom is 0.180 e. The molecule has 29 heavy (non-hydrogen) atoms. The molecule has 0 spiro atoms. The van der Waals surface area contributed by atoms with Crippen molar-refractivity contribution in [1.29, 1.82) is 0 Å². The number of fused-ring (bicyclic) bond motifs is 3. The van der Waals surface area contributed by atoms with Gasteiger partial charge in [0.05, 0.1) is 33.3 Å². The van der Waals surface area contributed by atoms with Crippen molar-refractivity contribution in [2.45, 2.75) is 26.2 Å². The summed E-state index contributed by atoms with van der Waals surface area (Å²) in [5.74, 6) is 0.833. The molecule has 7 nitrogen and oxygen atoms in total. The molecule has 3 N–H and O–H groups in total. The number of hydrogen-bond donors (Lipinski definition) is 2. The Labute approximate surface area is 172 Å². The molecule has 0 fully saturated rings. The van der Waals surface area contributed by atoms with Crippen molar-refractivity contribution in [2.75, 3.05) is 18.1 Å². The van der Waals surface area contributed by atoms with Crippen molar-refractivity contribution in [3.05, 3.63) is 53.6 Å². The second kappa shape index (κ2) is 6.97. The van der Waals surface area contributed by atoms with E-state index < -0.39 is 0 Å². The van der Waals surface area contributed by atoms with Gasteiger partial charge >= 0.3 is 0 Å². The van der Waals surface area contributed by atoms with Crippen LogP contribution in [0.25, 0.3) is 27.5 Å². The van der Waals surface area contributed by atoms with Gasteiger partial charge in [0.15, 0.2) is 5.13 Å². The molecule has 8 heteroatoms. The van der Waals surface area contributed by atoms with E-state index in [4.69, 9.17) is 10.8 Å². The van der Waals surface area contributed by atoms with Gasteiger partial charge in [0.1, 0.15) is 5.82 Å². The minimum atomic E-state index is 0.597. The van der Waals surface area contributed by atoms with Crippen LogP contribution in [0.15, 0.2) is 36.7 Å². The van der Waals surface area contributed by atoms with E-state index in [1.165, 1.54) is 16.9 Å². The van der Waals surface area contributed by atoms with E-state index >= 15 is 0 Å². The van der Waals surface area contributed by atoms with E-state index in [9.17, 15) is 0 Å². The van der Waals surface area contributed by atoms with Crippen LogP contribution in [0, 0.1) is 6.92 Å². The van der Waals surface area contributed by atoms with E-state index in [0.29, 0.717) is 5.13 Å². The molecule has 0 saturated carbocycles. The van der Waals surface area contributed by atoms with Crippen molar-refractivity contribution < 1.29 is 0 Å². The van der Waals surface area contributed by atoms with E-state index in [2.05, 4.69) is 32.4 Å². The van der Waals surface area contributed by atoms with E-state index in [1.54, 1.807) is 6.20 Å². The zero-order valence-corrected chi connectivity index (χ0v) is 17.1. The third kappa shape index (κ3) is 2.96. The van der Waals surface area contributed by atoms with E-state index in [1.807, 2.05) is 37.0 Å². The molecule has 0 atom stereocenters. The molecular formula is C21H21N7S. The van der Waals surface area contributed by atoms with Crippen LogP contribution in [-0.4, -0.2) is 31.8 Å². The number of nitrogen functional groups attached to an aromatic ring is 1. The van der Waals surface area contributed by atoms with Gasteiger partial charge < -0.3 is 11.1 Å². The van der Waals surface area contributed by atoms with Gasteiger partial charge in [-0.3, -0.25) is 4.98 Å². The van der Waals surface area contributed by atoms with Crippen molar-refractivity contribution >= 4 is 22.3 Å². The van der Waals surface area contributed by atoms with Gasteiger partial charge in [-0.05, 0) is 50.5 Å². The van der Waals surface area contributed by atoms with Crippen molar-refractivity contribution in [1.82, 2.24) is 24.7 Å². The zero-order chi connectivity index (χ0) is 20.0. The molecule has 0 aliphatic heterocycles. The zero-order valence-electron chi connectivity index (χ0n) is 16.3. The summed E-state index contributed by atoms with van der Waals surface area (Å²) >= 11 is 1.54. The molecule has 1 aliphatic carbocycles. The van der Waals surface area contributed by atoms with Crippen LogP contribution in [0.4, 0.5) is 10.9 Å². The summed E-state index contributed by atoms with van der Waals surface area (Å²) in [6.45, 7) is 2.00. The van der Waals surface area contributed by atoms with Gasteiger partial charge in [-0.25, -0.2) is 14.6 Å². The first-order valence-corrected chi connectivity index (χ1v) is 10.4. The van der Waals surface area contributed by atoms with Crippen LogP contribution >= 0.6 is 11.3 Å². The fraction of sp³-hybridized carbons (Fsp3) is 0.238. The topological polar surface area (TPSA) is 94.5 Å². The fourth-order valence-corrected chi connectivity index (χ4v) is 4.80. The minimum Gasteiger partial charge on any atom is -0.375 e. The molecule has 4 aromatic rings. The van der Waals surface area contributed by atoms with Crippen LogP contribution in [-0.2, 0) is 12.8 Å². The number of anilines is 2. The van der Waals surface area contributed by atoms with Crippen LogP contribution in [0.2, 0.25) is 0 Å². The molecule has 4 heterocycles. The number of nitrogens with two attached hydrogens (primary N) is 1. The maximum atomic E-state index is 6.08. The highest BCUT2D eigenvalue weighted by Gasteiger charge is 2.28. The predicted molar refractivity (Wildman–Crippen MR) is 116 cm³/mol.